The highest BCUT2D eigenvalue weighted by Gasteiger charge is 2.39. The molecule has 5 heteroatoms. The number of rotatable bonds is 2. The molecule has 104 valence electrons. The van der Waals surface area contributed by atoms with Crippen LogP contribution in [0.3, 0.4) is 0 Å². The van der Waals surface area contributed by atoms with E-state index in [1.54, 1.807) is 6.07 Å². The van der Waals surface area contributed by atoms with E-state index in [9.17, 15) is 4.79 Å². The zero-order valence-electron chi connectivity index (χ0n) is 11.0. The normalized spacial score (nSPS) is 30.7. The van der Waals surface area contributed by atoms with Crippen molar-refractivity contribution in [2.45, 2.75) is 50.2 Å². The lowest BCUT2D eigenvalue weighted by Gasteiger charge is -2.37. The van der Waals surface area contributed by atoms with Gasteiger partial charge in [-0.2, -0.15) is 0 Å². The third kappa shape index (κ3) is 2.41. The summed E-state index contributed by atoms with van der Waals surface area (Å²) in [6, 6.07) is 3.95. The number of hydrogen-bond acceptors (Lipinski definition) is 4. The van der Waals surface area contributed by atoms with Crippen molar-refractivity contribution >= 4 is 18.5 Å². The van der Waals surface area contributed by atoms with Gasteiger partial charge in [-0.3, -0.25) is 4.79 Å². The molecule has 0 bridgehead atoms. The molecule has 0 amide bonds. The molecule has 4 nitrogen and oxygen atoms in total. The Morgan fingerprint density at radius 1 is 1.37 bits per heavy atom. The van der Waals surface area contributed by atoms with Gasteiger partial charge in [0.15, 0.2) is 0 Å². The van der Waals surface area contributed by atoms with E-state index in [1.807, 2.05) is 16.8 Å². The van der Waals surface area contributed by atoms with Crippen LogP contribution in [0, 0.1) is 0 Å². The van der Waals surface area contributed by atoms with Crippen molar-refractivity contribution in [1.82, 2.24) is 4.57 Å². The minimum absolute atomic E-state index is 0.0193. The maximum atomic E-state index is 12.2. The molecule has 0 radical (unpaired) electrons. The van der Waals surface area contributed by atoms with Crippen LogP contribution in [0.2, 0.25) is 0 Å². The zero-order chi connectivity index (χ0) is 13.3. The Hall–Kier alpha value is -0.940. The molecule has 1 saturated heterocycles. The number of nitrogens with one attached hydrogen (secondary N) is 1. The minimum Gasteiger partial charge on any atom is -0.375 e. The highest BCUT2D eigenvalue weighted by Crippen LogP contribution is 2.42. The van der Waals surface area contributed by atoms with E-state index in [0.717, 1.165) is 32.3 Å². The molecule has 1 aromatic rings. The molecule has 19 heavy (non-hydrogen) atoms. The Morgan fingerprint density at radius 2 is 2.16 bits per heavy atom. The van der Waals surface area contributed by atoms with Crippen LogP contribution in [-0.4, -0.2) is 16.8 Å². The van der Waals surface area contributed by atoms with Crippen molar-refractivity contribution in [3.05, 3.63) is 28.7 Å². The number of pyridine rings is 1. The van der Waals surface area contributed by atoms with Gasteiger partial charge in [0.05, 0.1) is 5.60 Å². The van der Waals surface area contributed by atoms with Gasteiger partial charge in [0.2, 0.25) is 0 Å². The molecule has 1 spiro atoms. The summed E-state index contributed by atoms with van der Waals surface area (Å²) in [5.41, 5.74) is 0.688. The van der Waals surface area contributed by atoms with E-state index in [1.165, 1.54) is 12.8 Å². The average Bonchev–Trinajstić information content (AvgIpc) is 2.89. The molecule has 2 fully saturated rings. The summed E-state index contributed by atoms with van der Waals surface area (Å²) in [4.78, 5) is 12.2. The van der Waals surface area contributed by atoms with Crippen molar-refractivity contribution in [3.8, 4) is 0 Å². The molecule has 1 aromatic heterocycles. The van der Waals surface area contributed by atoms with Gasteiger partial charge in [0.1, 0.15) is 5.69 Å². The van der Waals surface area contributed by atoms with E-state index >= 15 is 0 Å². The lowest BCUT2D eigenvalue weighted by Crippen LogP contribution is -2.36. The second-order valence-electron chi connectivity index (χ2n) is 5.61. The van der Waals surface area contributed by atoms with Gasteiger partial charge < -0.3 is 14.0 Å². The summed E-state index contributed by atoms with van der Waals surface area (Å²) >= 11 is 3.97. The molecule has 2 heterocycles. The van der Waals surface area contributed by atoms with Crippen molar-refractivity contribution in [1.29, 1.82) is 0 Å². The van der Waals surface area contributed by atoms with Crippen molar-refractivity contribution < 1.29 is 4.74 Å². The van der Waals surface area contributed by atoms with Gasteiger partial charge >= 0.3 is 0 Å². The van der Waals surface area contributed by atoms with Gasteiger partial charge in [0, 0.05) is 18.8 Å². The topological polar surface area (TPSA) is 43.3 Å². The molecular formula is C14H20N2O2S. The number of thiol groups is 1. The lowest BCUT2D eigenvalue weighted by atomic mass is 9.80. The molecule has 0 atom stereocenters. The smallest absolute Gasteiger partial charge is 0.274 e. The molecule has 0 aromatic carbocycles. The fraction of sp³-hybridized carbons (Fsp3) is 0.643. The van der Waals surface area contributed by atoms with Crippen molar-refractivity contribution in [2.75, 3.05) is 11.3 Å². The Bertz CT molecular complexity index is 498. The minimum atomic E-state index is 0.0193. The van der Waals surface area contributed by atoms with Gasteiger partial charge in [-0.1, -0.05) is 12.8 Å². The molecule has 1 aliphatic carbocycles. The zero-order valence-corrected chi connectivity index (χ0v) is 11.9. The molecular weight excluding hydrogens is 260 g/mol. The third-order valence-electron chi connectivity index (χ3n) is 4.54. The lowest BCUT2D eigenvalue weighted by molar-refractivity contribution is -0.0334. The van der Waals surface area contributed by atoms with Crippen LogP contribution in [0.4, 0.5) is 5.69 Å². The fourth-order valence-corrected chi connectivity index (χ4v) is 3.61. The van der Waals surface area contributed by atoms with E-state index in [0.29, 0.717) is 11.7 Å². The first-order valence-corrected chi connectivity index (χ1v) is 7.44. The van der Waals surface area contributed by atoms with Gasteiger partial charge in [-0.05, 0) is 50.7 Å². The van der Waals surface area contributed by atoms with E-state index in [-0.39, 0.29) is 11.2 Å². The monoisotopic (exact) mass is 280 g/mol. The second kappa shape index (κ2) is 5.21. The largest absolute Gasteiger partial charge is 0.375 e. The van der Waals surface area contributed by atoms with Gasteiger partial charge in [0.25, 0.3) is 5.56 Å². The Morgan fingerprint density at radius 3 is 2.79 bits per heavy atom. The van der Waals surface area contributed by atoms with E-state index < -0.39 is 0 Å². The predicted molar refractivity (Wildman–Crippen MR) is 78.7 cm³/mol. The van der Waals surface area contributed by atoms with Crippen LogP contribution in [0.5, 0.6) is 0 Å². The Labute approximate surface area is 118 Å². The third-order valence-corrected chi connectivity index (χ3v) is 4.78. The van der Waals surface area contributed by atoms with Gasteiger partial charge in [-0.25, -0.2) is 0 Å². The first kappa shape index (κ1) is 13.1. The summed E-state index contributed by atoms with van der Waals surface area (Å²) < 4.78 is 10.4. The first-order chi connectivity index (χ1) is 9.24. The molecule has 3 rings (SSSR count). The number of nitrogens with zero attached hydrogens (tertiary/aromatic N) is 1. The highest BCUT2D eigenvalue weighted by atomic mass is 32.1. The second-order valence-corrected chi connectivity index (χ2v) is 5.84. The highest BCUT2D eigenvalue weighted by molar-refractivity contribution is 7.81. The molecule has 1 aliphatic heterocycles. The van der Waals surface area contributed by atoms with Crippen LogP contribution in [0.25, 0.3) is 0 Å². The number of anilines is 1. The maximum absolute atomic E-state index is 12.2. The molecule has 1 saturated carbocycles. The summed E-state index contributed by atoms with van der Waals surface area (Å²) in [6.45, 7) is 0.906. The summed E-state index contributed by atoms with van der Waals surface area (Å²) in [7, 11) is 0. The van der Waals surface area contributed by atoms with Crippen LogP contribution in [-0.2, 0) is 4.74 Å². The molecule has 2 aliphatic rings. The van der Waals surface area contributed by atoms with Crippen LogP contribution in [0.15, 0.2) is 23.1 Å². The number of aromatic nitrogens is 1. The Kier molecular flexibility index (Phi) is 3.58. The quantitative estimate of drug-likeness (QED) is 0.819. The summed E-state index contributed by atoms with van der Waals surface area (Å²) in [6.07, 6.45) is 8.45. The number of hydrogen-bond donors (Lipinski definition) is 2. The first-order valence-electron chi connectivity index (χ1n) is 6.99. The van der Waals surface area contributed by atoms with Crippen LogP contribution in [0.1, 0.15) is 44.6 Å². The molecule has 0 unspecified atom stereocenters. The van der Waals surface area contributed by atoms with E-state index in [4.69, 9.17) is 4.74 Å². The van der Waals surface area contributed by atoms with Crippen LogP contribution >= 0.6 is 12.8 Å². The fourth-order valence-electron chi connectivity index (χ4n) is 3.44. The van der Waals surface area contributed by atoms with Crippen molar-refractivity contribution in [3.63, 3.8) is 0 Å². The SMILES string of the molecule is O=c1c(NS)cccn1C1CCC2(CCCO2)CC1. The molecule has 1 N–H and O–H groups in total. The number of ether oxygens (including phenoxy) is 1. The summed E-state index contributed by atoms with van der Waals surface area (Å²) in [5.74, 6) is 0. The van der Waals surface area contributed by atoms with Crippen molar-refractivity contribution in [2.24, 2.45) is 0 Å². The summed E-state index contributed by atoms with van der Waals surface area (Å²) in [5, 5.41) is 0. The standard InChI is InChI=1S/C14H20N2O2S/c17-13-12(15-19)3-1-9-16(13)11-4-7-14(8-5-11)6-2-10-18-14/h1,3,9,11,15,19H,2,4-8,10H2. The van der Waals surface area contributed by atoms with E-state index in [2.05, 4.69) is 17.5 Å². The van der Waals surface area contributed by atoms with Gasteiger partial charge in [-0.15, -0.1) is 0 Å². The van der Waals surface area contributed by atoms with Crippen LogP contribution < -0.4 is 10.3 Å². The average molecular weight is 280 g/mol. The maximum Gasteiger partial charge on any atom is 0.274 e. The predicted octanol–water partition coefficient (Wildman–Crippen LogP) is 2.77. The Balaban J connectivity index is 1.76.